The number of benzene rings is 1. The van der Waals surface area contributed by atoms with E-state index in [2.05, 4.69) is 16.4 Å². The Morgan fingerprint density at radius 3 is 2.81 bits per heavy atom. The van der Waals surface area contributed by atoms with Crippen molar-refractivity contribution < 1.29 is 13.9 Å². The molecule has 0 bridgehead atoms. The summed E-state index contributed by atoms with van der Waals surface area (Å²) < 4.78 is 16.3. The lowest BCUT2D eigenvalue weighted by Crippen LogP contribution is -2.39. The summed E-state index contributed by atoms with van der Waals surface area (Å²) in [6.07, 6.45) is 1.63. The fourth-order valence-electron chi connectivity index (χ4n) is 3.44. The third-order valence-corrected chi connectivity index (χ3v) is 6.25. The van der Waals surface area contributed by atoms with Gasteiger partial charge in [-0.2, -0.15) is 0 Å². The maximum absolute atomic E-state index is 12.8. The molecule has 0 amide bonds. The highest BCUT2D eigenvalue weighted by Gasteiger charge is 2.18. The van der Waals surface area contributed by atoms with Gasteiger partial charge in [0, 0.05) is 21.9 Å². The fourth-order valence-corrected chi connectivity index (χ4v) is 4.36. The van der Waals surface area contributed by atoms with Crippen LogP contribution in [0.3, 0.4) is 0 Å². The molecule has 0 spiro atoms. The molecule has 5 rings (SSSR count). The summed E-state index contributed by atoms with van der Waals surface area (Å²) in [5.41, 5.74) is 1.17. The zero-order valence-electron chi connectivity index (χ0n) is 16.4. The molecule has 0 saturated heterocycles. The predicted octanol–water partition coefficient (Wildman–Crippen LogP) is 3.99. The van der Waals surface area contributed by atoms with Crippen LogP contribution in [0.15, 0.2) is 63.3 Å². The Bertz CT molecular complexity index is 1270. The number of ether oxygens (including phenoxy) is 2. The number of H-pyrrole nitrogens is 1. The van der Waals surface area contributed by atoms with Gasteiger partial charge in [-0.3, -0.25) is 4.79 Å². The van der Waals surface area contributed by atoms with Gasteiger partial charge in [0.2, 0.25) is 6.79 Å². The Balaban J connectivity index is 1.41. The minimum absolute atomic E-state index is 0.156. The zero-order chi connectivity index (χ0) is 21.2. The molecular weight excluding hydrogens is 434 g/mol. The van der Waals surface area contributed by atoms with Crippen molar-refractivity contribution >= 4 is 39.6 Å². The van der Waals surface area contributed by atoms with Gasteiger partial charge < -0.3 is 29.1 Å². The molecule has 0 atom stereocenters. The van der Waals surface area contributed by atoms with E-state index in [1.165, 1.54) is 0 Å². The van der Waals surface area contributed by atoms with Gasteiger partial charge in [0.1, 0.15) is 5.76 Å². The average Bonchev–Trinajstić information content (AvgIpc) is 3.53. The second kappa shape index (κ2) is 8.44. The number of hydrogen-bond acceptors (Lipinski definition) is 6. The number of thiocarbonyl (C=S) groups is 1. The van der Waals surface area contributed by atoms with Crippen LogP contribution in [0.1, 0.15) is 16.2 Å². The van der Waals surface area contributed by atoms with Crippen LogP contribution in [0, 0.1) is 0 Å². The Hall–Kier alpha value is -3.30. The lowest BCUT2D eigenvalue weighted by Gasteiger charge is -2.25. The summed E-state index contributed by atoms with van der Waals surface area (Å²) in [7, 11) is 0. The van der Waals surface area contributed by atoms with Crippen LogP contribution >= 0.6 is 23.6 Å². The summed E-state index contributed by atoms with van der Waals surface area (Å²) in [6.45, 7) is 1.62. The van der Waals surface area contributed by atoms with Crippen LogP contribution in [0.4, 0.5) is 0 Å². The molecule has 3 aromatic heterocycles. The van der Waals surface area contributed by atoms with E-state index in [0.29, 0.717) is 47.3 Å². The van der Waals surface area contributed by atoms with Crippen LogP contribution in [-0.2, 0) is 19.6 Å². The maximum Gasteiger partial charge on any atom is 0.253 e. The molecule has 0 aliphatic carbocycles. The number of aromatic nitrogens is 1. The van der Waals surface area contributed by atoms with Crippen molar-refractivity contribution in [3.63, 3.8) is 0 Å². The lowest BCUT2D eigenvalue weighted by molar-refractivity contribution is 0.174. The predicted molar refractivity (Wildman–Crippen MR) is 122 cm³/mol. The first-order chi connectivity index (χ1) is 15.2. The molecule has 1 aliphatic rings. The second-order valence-corrected chi connectivity index (χ2v) is 8.51. The Morgan fingerprint density at radius 1 is 1.16 bits per heavy atom. The van der Waals surface area contributed by atoms with Crippen LogP contribution in [-0.4, -0.2) is 21.8 Å². The summed E-state index contributed by atoms with van der Waals surface area (Å²) in [4.78, 5) is 18.9. The molecule has 0 unspecified atom stereocenters. The van der Waals surface area contributed by atoms with E-state index in [1.54, 1.807) is 23.7 Å². The highest BCUT2D eigenvalue weighted by Crippen LogP contribution is 2.35. The van der Waals surface area contributed by atoms with E-state index >= 15 is 0 Å². The number of rotatable bonds is 6. The van der Waals surface area contributed by atoms with Gasteiger partial charge in [-0.25, -0.2) is 0 Å². The molecular formula is C22H19N3O4S2. The van der Waals surface area contributed by atoms with Gasteiger partial charge in [0.05, 0.1) is 31.4 Å². The molecule has 0 radical (unpaired) electrons. The Labute approximate surface area is 187 Å². The maximum atomic E-state index is 12.8. The van der Waals surface area contributed by atoms with Gasteiger partial charge >= 0.3 is 0 Å². The van der Waals surface area contributed by atoms with Crippen molar-refractivity contribution in [3.8, 4) is 11.5 Å². The molecule has 1 aromatic carbocycles. The van der Waals surface area contributed by atoms with Crippen molar-refractivity contribution in [2.45, 2.75) is 19.6 Å². The summed E-state index contributed by atoms with van der Waals surface area (Å²) in [5.74, 6) is 2.10. The number of furan rings is 1. The molecule has 4 heterocycles. The van der Waals surface area contributed by atoms with Crippen molar-refractivity contribution in [3.05, 3.63) is 80.7 Å². The minimum atomic E-state index is -0.156. The summed E-state index contributed by atoms with van der Waals surface area (Å²) in [5, 5.41) is 6.68. The molecule has 31 heavy (non-hydrogen) atoms. The number of pyridine rings is 1. The van der Waals surface area contributed by atoms with Crippen molar-refractivity contribution in [2.75, 3.05) is 6.79 Å². The van der Waals surface area contributed by atoms with Gasteiger partial charge in [0.25, 0.3) is 5.56 Å². The number of fused-ring (bicyclic) bond motifs is 2. The van der Waals surface area contributed by atoms with Gasteiger partial charge in [-0.15, -0.1) is 11.3 Å². The minimum Gasteiger partial charge on any atom is -0.467 e. The van der Waals surface area contributed by atoms with Crippen LogP contribution in [0.5, 0.6) is 11.5 Å². The van der Waals surface area contributed by atoms with E-state index in [-0.39, 0.29) is 12.4 Å². The number of nitrogens with zero attached hydrogens (tertiary/aromatic N) is 1. The molecule has 2 N–H and O–H groups in total. The van der Waals surface area contributed by atoms with Gasteiger partial charge in [-0.1, -0.05) is 6.07 Å². The highest BCUT2D eigenvalue weighted by molar-refractivity contribution is 7.80. The van der Waals surface area contributed by atoms with Gasteiger partial charge in [0.15, 0.2) is 16.6 Å². The molecule has 4 aromatic rings. The van der Waals surface area contributed by atoms with Crippen molar-refractivity contribution in [1.82, 2.24) is 15.2 Å². The number of aromatic amines is 1. The molecule has 0 fully saturated rings. The monoisotopic (exact) mass is 453 g/mol. The quantitative estimate of drug-likeness (QED) is 0.427. The zero-order valence-corrected chi connectivity index (χ0v) is 18.1. The van der Waals surface area contributed by atoms with Gasteiger partial charge in [-0.05, 0) is 47.9 Å². The normalized spacial score (nSPS) is 12.3. The van der Waals surface area contributed by atoms with Crippen LogP contribution in [0.25, 0.3) is 10.9 Å². The summed E-state index contributed by atoms with van der Waals surface area (Å²) in [6, 6.07) is 13.3. The molecule has 9 heteroatoms. The Kier molecular flexibility index (Phi) is 5.35. The lowest BCUT2D eigenvalue weighted by atomic mass is 10.1. The average molecular weight is 454 g/mol. The molecule has 1 aliphatic heterocycles. The smallest absolute Gasteiger partial charge is 0.253 e. The van der Waals surface area contributed by atoms with Crippen molar-refractivity contribution in [1.29, 1.82) is 0 Å². The van der Waals surface area contributed by atoms with E-state index in [9.17, 15) is 4.79 Å². The number of hydrogen-bond donors (Lipinski definition) is 2. The first-order valence-corrected chi connectivity index (χ1v) is 11.0. The third kappa shape index (κ3) is 4.28. The second-order valence-electron chi connectivity index (χ2n) is 7.09. The number of thiophene rings is 1. The first-order valence-electron chi connectivity index (χ1n) is 9.69. The van der Waals surface area contributed by atoms with E-state index in [0.717, 1.165) is 16.0 Å². The molecule has 158 valence electrons. The van der Waals surface area contributed by atoms with Crippen LogP contribution < -0.4 is 20.3 Å². The SMILES string of the molecule is O=c1[nH]c2cc3c(cc2cc1CN(Cc1cccs1)C(=S)NCc1ccco1)OCO3. The highest BCUT2D eigenvalue weighted by atomic mass is 32.1. The van der Waals surface area contributed by atoms with Crippen LogP contribution in [0.2, 0.25) is 0 Å². The summed E-state index contributed by atoms with van der Waals surface area (Å²) >= 11 is 7.31. The fraction of sp³-hybridized carbons (Fsp3) is 0.182. The van der Waals surface area contributed by atoms with E-state index in [1.807, 2.05) is 40.6 Å². The largest absolute Gasteiger partial charge is 0.467 e. The topological polar surface area (TPSA) is 79.7 Å². The van der Waals surface area contributed by atoms with E-state index < -0.39 is 0 Å². The molecule has 0 saturated carbocycles. The molecule has 7 nitrogen and oxygen atoms in total. The number of nitrogens with one attached hydrogen (secondary N) is 2. The van der Waals surface area contributed by atoms with E-state index in [4.69, 9.17) is 26.1 Å². The third-order valence-electron chi connectivity index (χ3n) is 4.98. The Morgan fingerprint density at radius 2 is 2.03 bits per heavy atom. The standard InChI is InChI=1S/C22H19N3O4S2/c26-21-15(7-14-8-19-20(29-13-28-19)9-18(14)24-21)11-25(12-17-4-2-6-31-17)22(30)23-10-16-3-1-5-27-16/h1-9H,10-13H2,(H,23,30)(H,24,26). The first kappa shape index (κ1) is 19.7. The van der Waals surface area contributed by atoms with Crippen molar-refractivity contribution in [2.24, 2.45) is 0 Å².